The molecule has 0 aliphatic carbocycles. The van der Waals surface area contributed by atoms with Crippen LogP contribution < -0.4 is 0 Å². The maximum Gasteiger partial charge on any atom is 0.337 e. The van der Waals surface area contributed by atoms with Crippen LogP contribution in [0.1, 0.15) is 10.4 Å². The topological polar surface area (TPSA) is 57.0 Å². The number of nitrogens with zero attached hydrogens (tertiary/aromatic N) is 3. The molecule has 5 heteroatoms. The van der Waals surface area contributed by atoms with Crippen LogP contribution in [0.4, 0.5) is 0 Å². The van der Waals surface area contributed by atoms with Gasteiger partial charge < -0.3 is 4.74 Å². The van der Waals surface area contributed by atoms with E-state index in [9.17, 15) is 4.79 Å². The third kappa shape index (κ3) is 1.85. The molecule has 0 fully saturated rings. The molecule has 0 N–H and O–H groups in total. The molecule has 15 heavy (non-hydrogen) atoms. The summed E-state index contributed by atoms with van der Waals surface area (Å²) in [6, 6.07) is 6.85. The first-order chi connectivity index (χ1) is 7.31. The van der Waals surface area contributed by atoms with Crippen molar-refractivity contribution in [3.05, 3.63) is 42.2 Å². The van der Waals surface area contributed by atoms with E-state index in [1.165, 1.54) is 11.9 Å². The molecule has 0 saturated heterocycles. The van der Waals surface area contributed by atoms with Gasteiger partial charge in [-0.25, -0.2) is 4.79 Å². The Kier molecular flexibility index (Phi) is 2.45. The van der Waals surface area contributed by atoms with Gasteiger partial charge in [-0.15, -0.1) is 0 Å². The second-order valence-electron chi connectivity index (χ2n) is 2.86. The second-order valence-corrected chi connectivity index (χ2v) is 2.86. The van der Waals surface area contributed by atoms with E-state index in [0.29, 0.717) is 5.56 Å². The Hall–Kier alpha value is -2.17. The van der Waals surface area contributed by atoms with Gasteiger partial charge in [-0.2, -0.15) is 15.0 Å². The molecule has 76 valence electrons. The van der Waals surface area contributed by atoms with Crippen molar-refractivity contribution in [2.24, 2.45) is 0 Å². The van der Waals surface area contributed by atoms with Crippen LogP contribution in [0, 0.1) is 0 Å². The van der Waals surface area contributed by atoms with Crippen molar-refractivity contribution in [2.75, 3.05) is 7.11 Å². The lowest BCUT2D eigenvalue weighted by atomic mass is 10.2. The predicted molar refractivity (Wildman–Crippen MR) is 52.7 cm³/mol. The number of esters is 1. The van der Waals surface area contributed by atoms with Crippen molar-refractivity contribution in [3.63, 3.8) is 0 Å². The predicted octanol–water partition coefficient (Wildman–Crippen LogP) is 1.05. The second kappa shape index (κ2) is 3.91. The van der Waals surface area contributed by atoms with Gasteiger partial charge in [0.25, 0.3) is 0 Å². The van der Waals surface area contributed by atoms with Crippen molar-refractivity contribution >= 4 is 5.97 Å². The van der Waals surface area contributed by atoms with Crippen LogP contribution >= 0.6 is 0 Å². The van der Waals surface area contributed by atoms with Crippen LogP contribution in [0.2, 0.25) is 0 Å². The minimum atomic E-state index is -0.352. The Morgan fingerprint density at radius 3 is 2.33 bits per heavy atom. The van der Waals surface area contributed by atoms with Gasteiger partial charge in [0.1, 0.15) is 0 Å². The monoisotopic (exact) mass is 203 g/mol. The Balaban J connectivity index is 2.29. The molecule has 0 aliphatic rings. The Morgan fingerprint density at radius 1 is 1.20 bits per heavy atom. The number of hydrogen-bond acceptors (Lipinski definition) is 4. The lowest BCUT2D eigenvalue weighted by Gasteiger charge is -2.01. The minimum Gasteiger partial charge on any atom is -0.465 e. The number of benzene rings is 1. The number of hydrogen-bond donors (Lipinski definition) is 0. The number of ether oxygens (including phenoxy) is 1. The third-order valence-electron chi connectivity index (χ3n) is 1.94. The normalized spacial score (nSPS) is 9.93. The molecule has 1 aromatic carbocycles. The zero-order valence-corrected chi connectivity index (χ0v) is 8.12. The van der Waals surface area contributed by atoms with Crippen LogP contribution in [0.3, 0.4) is 0 Å². The van der Waals surface area contributed by atoms with Gasteiger partial charge in [-0.05, 0) is 24.3 Å². The zero-order chi connectivity index (χ0) is 10.7. The zero-order valence-electron chi connectivity index (χ0n) is 8.12. The fraction of sp³-hybridized carbons (Fsp3) is 0.100. The molecular formula is C10H9N3O2. The van der Waals surface area contributed by atoms with Gasteiger partial charge in [0, 0.05) is 0 Å². The van der Waals surface area contributed by atoms with E-state index in [0.717, 1.165) is 5.69 Å². The first kappa shape index (κ1) is 9.39. The first-order valence-corrected chi connectivity index (χ1v) is 4.36. The van der Waals surface area contributed by atoms with Crippen molar-refractivity contribution in [1.29, 1.82) is 0 Å². The molecule has 2 aromatic rings. The molecule has 0 bridgehead atoms. The summed E-state index contributed by atoms with van der Waals surface area (Å²) in [5.41, 5.74) is 1.31. The minimum absolute atomic E-state index is 0.352. The molecular weight excluding hydrogens is 194 g/mol. The van der Waals surface area contributed by atoms with E-state index in [2.05, 4.69) is 14.9 Å². The number of methoxy groups -OCH3 is 1. The third-order valence-corrected chi connectivity index (χ3v) is 1.94. The highest BCUT2D eigenvalue weighted by atomic mass is 16.5. The maximum absolute atomic E-state index is 11.2. The summed E-state index contributed by atoms with van der Waals surface area (Å²) in [4.78, 5) is 12.6. The smallest absolute Gasteiger partial charge is 0.337 e. The SMILES string of the molecule is COC(=O)c1ccc(-n2nccn2)cc1. The van der Waals surface area contributed by atoms with Gasteiger partial charge in [-0.1, -0.05) is 0 Å². The van der Waals surface area contributed by atoms with Crippen LogP contribution in [0.15, 0.2) is 36.7 Å². The van der Waals surface area contributed by atoms with E-state index >= 15 is 0 Å². The van der Waals surface area contributed by atoms with Crippen LogP contribution in [-0.2, 0) is 4.74 Å². The lowest BCUT2D eigenvalue weighted by Crippen LogP contribution is -2.02. The molecule has 0 saturated carbocycles. The molecule has 1 heterocycles. The van der Waals surface area contributed by atoms with E-state index in [4.69, 9.17) is 0 Å². The number of carbonyl (C=O) groups is 1. The average Bonchev–Trinajstić information content (AvgIpc) is 2.82. The van der Waals surface area contributed by atoms with E-state index < -0.39 is 0 Å². The fourth-order valence-electron chi connectivity index (χ4n) is 1.20. The number of carbonyl (C=O) groups excluding carboxylic acids is 1. The molecule has 0 aliphatic heterocycles. The number of rotatable bonds is 2. The number of aromatic nitrogens is 3. The van der Waals surface area contributed by atoms with E-state index in [1.54, 1.807) is 36.7 Å². The Morgan fingerprint density at radius 2 is 1.80 bits per heavy atom. The molecule has 0 spiro atoms. The molecule has 0 unspecified atom stereocenters. The van der Waals surface area contributed by atoms with Crippen LogP contribution in [0.5, 0.6) is 0 Å². The van der Waals surface area contributed by atoms with Gasteiger partial charge in [0.05, 0.1) is 30.8 Å². The quantitative estimate of drug-likeness (QED) is 0.684. The Labute approximate surface area is 86.3 Å². The molecule has 0 radical (unpaired) electrons. The maximum atomic E-state index is 11.2. The van der Waals surface area contributed by atoms with Crippen molar-refractivity contribution in [2.45, 2.75) is 0 Å². The van der Waals surface area contributed by atoms with Crippen molar-refractivity contribution in [3.8, 4) is 5.69 Å². The highest BCUT2D eigenvalue weighted by Gasteiger charge is 2.04. The van der Waals surface area contributed by atoms with E-state index in [-0.39, 0.29) is 5.97 Å². The molecule has 0 amide bonds. The van der Waals surface area contributed by atoms with Gasteiger partial charge in [-0.3, -0.25) is 0 Å². The lowest BCUT2D eigenvalue weighted by molar-refractivity contribution is 0.0601. The summed E-state index contributed by atoms with van der Waals surface area (Å²) in [6.07, 6.45) is 3.18. The first-order valence-electron chi connectivity index (χ1n) is 4.36. The summed E-state index contributed by atoms with van der Waals surface area (Å²) in [5, 5.41) is 7.94. The summed E-state index contributed by atoms with van der Waals surface area (Å²) >= 11 is 0. The molecule has 1 aromatic heterocycles. The summed E-state index contributed by atoms with van der Waals surface area (Å²) in [5.74, 6) is -0.352. The Bertz CT molecular complexity index is 448. The fourth-order valence-corrected chi connectivity index (χ4v) is 1.20. The molecule has 2 rings (SSSR count). The van der Waals surface area contributed by atoms with Crippen LogP contribution in [0.25, 0.3) is 5.69 Å². The summed E-state index contributed by atoms with van der Waals surface area (Å²) < 4.78 is 4.59. The van der Waals surface area contributed by atoms with Crippen molar-refractivity contribution in [1.82, 2.24) is 15.0 Å². The summed E-state index contributed by atoms with van der Waals surface area (Å²) in [7, 11) is 1.35. The highest BCUT2D eigenvalue weighted by molar-refractivity contribution is 5.89. The van der Waals surface area contributed by atoms with Gasteiger partial charge in [0.15, 0.2) is 0 Å². The van der Waals surface area contributed by atoms with Gasteiger partial charge >= 0.3 is 5.97 Å². The van der Waals surface area contributed by atoms with Crippen LogP contribution in [-0.4, -0.2) is 28.1 Å². The largest absolute Gasteiger partial charge is 0.465 e. The van der Waals surface area contributed by atoms with Crippen molar-refractivity contribution < 1.29 is 9.53 Å². The molecule has 0 atom stereocenters. The van der Waals surface area contributed by atoms with Gasteiger partial charge in [0.2, 0.25) is 0 Å². The standard InChI is InChI=1S/C10H9N3O2/c1-15-10(14)8-2-4-9(5-3-8)13-11-6-7-12-13/h2-7H,1H3. The average molecular weight is 203 g/mol. The molecule has 5 nitrogen and oxygen atoms in total. The van der Waals surface area contributed by atoms with E-state index in [1.807, 2.05) is 0 Å². The summed E-state index contributed by atoms with van der Waals surface area (Å²) in [6.45, 7) is 0. The highest BCUT2D eigenvalue weighted by Crippen LogP contribution is 2.07.